The van der Waals surface area contributed by atoms with Crippen molar-refractivity contribution >= 4 is 22.5 Å². The zero-order chi connectivity index (χ0) is 16.9. The second-order valence-corrected chi connectivity index (χ2v) is 6.16. The predicted molar refractivity (Wildman–Crippen MR) is 99.2 cm³/mol. The number of para-hydroxylation sites is 1. The van der Waals surface area contributed by atoms with Crippen LogP contribution in [-0.2, 0) is 17.9 Å². The van der Waals surface area contributed by atoms with Gasteiger partial charge in [0.05, 0.1) is 0 Å². The molecule has 0 saturated carbocycles. The molecule has 4 heteroatoms. The number of carbonyl (C=O) groups excluding carboxylic acids is 1. The third-order valence-electron chi connectivity index (χ3n) is 4.20. The Balaban J connectivity index is 1.51. The Morgan fingerprint density at radius 3 is 2.54 bits per heavy atom. The first-order chi connectivity index (χ1) is 11.6. The molecule has 0 spiro atoms. The summed E-state index contributed by atoms with van der Waals surface area (Å²) < 4.78 is 2.13. The van der Waals surface area contributed by atoms with Crippen molar-refractivity contribution in [3.8, 4) is 0 Å². The number of carbonyl (C=O) groups is 1. The number of aromatic nitrogens is 1. The van der Waals surface area contributed by atoms with Crippen LogP contribution in [0.2, 0.25) is 0 Å². The first-order valence-electron chi connectivity index (χ1n) is 8.20. The summed E-state index contributed by atoms with van der Waals surface area (Å²) in [6.45, 7) is 1.26. The molecule has 1 amide bonds. The van der Waals surface area contributed by atoms with Crippen LogP contribution < -0.4 is 10.2 Å². The molecule has 1 N–H and O–H groups in total. The summed E-state index contributed by atoms with van der Waals surface area (Å²) in [4.78, 5) is 14.1. The molecular formula is C20H23N3O. The summed E-state index contributed by atoms with van der Waals surface area (Å²) in [5, 5.41) is 4.20. The van der Waals surface area contributed by atoms with Crippen molar-refractivity contribution in [2.45, 2.75) is 19.5 Å². The van der Waals surface area contributed by atoms with E-state index in [0.29, 0.717) is 19.5 Å². The molecule has 0 bridgehead atoms. The fraction of sp³-hybridized carbons (Fsp3) is 0.250. The summed E-state index contributed by atoms with van der Waals surface area (Å²) >= 11 is 0. The van der Waals surface area contributed by atoms with Crippen molar-refractivity contribution in [1.29, 1.82) is 0 Å². The first kappa shape index (κ1) is 16.1. The van der Waals surface area contributed by atoms with E-state index in [1.54, 1.807) is 0 Å². The van der Waals surface area contributed by atoms with Crippen LogP contribution in [0.25, 0.3) is 10.9 Å². The van der Waals surface area contributed by atoms with Crippen LogP contribution in [0.1, 0.15) is 12.0 Å². The molecule has 124 valence electrons. The molecule has 4 nitrogen and oxygen atoms in total. The lowest BCUT2D eigenvalue weighted by Crippen LogP contribution is -2.23. The van der Waals surface area contributed by atoms with E-state index in [2.05, 4.69) is 57.2 Å². The Morgan fingerprint density at radius 2 is 1.79 bits per heavy atom. The standard InChI is InChI=1S/C20H23N3O/c1-22(2)18-9-7-16(8-10-18)15-21-20(24)12-14-23-13-11-17-5-3-4-6-19(17)23/h3-11,13H,12,14-15H2,1-2H3,(H,21,24). The predicted octanol–water partition coefficient (Wildman–Crippen LogP) is 3.41. The van der Waals surface area contributed by atoms with E-state index in [1.165, 1.54) is 10.9 Å². The van der Waals surface area contributed by atoms with Gasteiger partial charge >= 0.3 is 0 Å². The Hall–Kier alpha value is -2.75. The highest BCUT2D eigenvalue weighted by molar-refractivity contribution is 5.80. The first-order valence-corrected chi connectivity index (χ1v) is 8.20. The minimum Gasteiger partial charge on any atom is -0.378 e. The van der Waals surface area contributed by atoms with Gasteiger partial charge in [-0.3, -0.25) is 4.79 Å². The summed E-state index contributed by atoms with van der Waals surface area (Å²) in [6.07, 6.45) is 2.52. The fourth-order valence-electron chi connectivity index (χ4n) is 2.76. The number of nitrogens with zero attached hydrogens (tertiary/aromatic N) is 2. The Bertz CT molecular complexity index is 818. The molecule has 0 unspecified atom stereocenters. The Morgan fingerprint density at radius 1 is 1.04 bits per heavy atom. The van der Waals surface area contributed by atoms with Gasteiger partial charge in [-0.2, -0.15) is 0 Å². The van der Waals surface area contributed by atoms with Crippen molar-refractivity contribution < 1.29 is 4.79 Å². The van der Waals surface area contributed by atoms with Crippen LogP contribution >= 0.6 is 0 Å². The highest BCUT2D eigenvalue weighted by Gasteiger charge is 2.05. The Labute approximate surface area is 142 Å². The van der Waals surface area contributed by atoms with Crippen molar-refractivity contribution in [3.63, 3.8) is 0 Å². The highest BCUT2D eigenvalue weighted by atomic mass is 16.1. The summed E-state index contributed by atoms with van der Waals surface area (Å²) in [5.41, 5.74) is 3.44. The molecule has 0 aliphatic heterocycles. The van der Waals surface area contributed by atoms with E-state index in [0.717, 1.165) is 11.3 Å². The molecule has 3 aromatic rings. The van der Waals surface area contributed by atoms with Gasteiger partial charge in [-0.1, -0.05) is 30.3 Å². The van der Waals surface area contributed by atoms with E-state index < -0.39 is 0 Å². The molecule has 1 aromatic heterocycles. The molecule has 0 atom stereocenters. The van der Waals surface area contributed by atoms with Crippen LogP contribution in [0.15, 0.2) is 60.8 Å². The number of hydrogen-bond donors (Lipinski definition) is 1. The van der Waals surface area contributed by atoms with Gasteiger partial charge in [0.1, 0.15) is 0 Å². The van der Waals surface area contributed by atoms with Crippen molar-refractivity contribution in [2.75, 3.05) is 19.0 Å². The molecule has 0 saturated heterocycles. The topological polar surface area (TPSA) is 37.3 Å². The Kier molecular flexibility index (Phi) is 4.85. The van der Waals surface area contributed by atoms with E-state index in [9.17, 15) is 4.79 Å². The van der Waals surface area contributed by atoms with Gasteiger partial charge in [-0.25, -0.2) is 0 Å². The number of amides is 1. The molecular weight excluding hydrogens is 298 g/mol. The number of nitrogens with one attached hydrogen (secondary N) is 1. The maximum Gasteiger partial charge on any atom is 0.222 e. The van der Waals surface area contributed by atoms with Gasteiger partial charge < -0.3 is 14.8 Å². The number of fused-ring (bicyclic) bond motifs is 1. The lowest BCUT2D eigenvalue weighted by atomic mass is 10.2. The minimum absolute atomic E-state index is 0.0736. The normalized spacial score (nSPS) is 10.8. The molecule has 0 fully saturated rings. The quantitative estimate of drug-likeness (QED) is 0.755. The van der Waals surface area contributed by atoms with Crippen LogP contribution in [0.3, 0.4) is 0 Å². The number of aryl methyl sites for hydroxylation is 1. The van der Waals surface area contributed by atoms with Gasteiger partial charge in [-0.15, -0.1) is 0 Å². The number of hydrogen-bond acceptors (Lipinski definition) is 2. The number of anilines is 1. The van der Waals surface area contributed by atoms with Gasteiger partial charge in [0, 0.05) is 51.0 Å². The molecule has 1 heterocycles. The van der Waals surface area contributed by atoms with Crippen LogP contribution in [0.4, 0.5) is 5.69 Å². The van der Waals surface area contributed by atoms with E-state index in [-0.39, 0.29) is 5.91 Å². The summed E-state index contributed by atoms with van der Waals surface area (Å²) in [6, 6.07) is 18.5. The lowest BCUT2D eigenvalue weighted by Gasteiger charge is -2.13. The average molecular weight is 321 g/mol. The average Bonchev–Trinajstić information content (AvgIpc) is 3.01. The smallest absolute Gasteiger partial charge is 0.222 e. The molecule has 2 aromatic carbocycles. The lowest BCUT2D eigenvalue weighted by molar-refractivity contribution is -0.121. The van der Waals surface area contributed by atoms with Crippen LogP contribution in [-0.4, -0.2) is 24.6 Å². The molecule has 3 rings (SSSR count). The molecule has 0 aliphatic rings. The van der Waals surface area contributed by atoms with Crippen LogP contribution in [0, 0.1) is 0 Å². The van der Waals surface area contributed by atoms with E-state index in [1.807, 2.05) is 32.4 Å². The monoisotopic (exact) mass is 321 g/mol. The second-order valence-electron chi connectivity index (χ2n) is 6.16. The van der Waals surface area contributed by atoms with Gasteiger partial charge in [0.25, 0.3) is 0 Å². The number of rotatable bonds is 6. The zero-order valence-corrected chi connectivity index (χ0v) is 14.2. The van der Waals surface area contributed by atoms with Gasteiger partial charge in [0.15, 0.2) is 0 Å². The van der Waals surface area contributed by atoms with Gasteiger partial charge in [-0.05, 0) is 35.2 Å². The van der Waals surface area contributed by atoms with Crippen molar-refractivity contribution in [3.05, 3.63) is 66.4 Å². The minimum atomic E-state index is 0.0736. The van der Waals surface area contributed by atoms with Crippen LogP contribution in [0.5, 0.6) is 0 Å². The third kappa shape index (κ3) is 3.77. The van der Waals surface area contributed by atoms with E-state index in [4.69, 9.17) is 0 Å². The molecule has 0 radical (unpaired) electrons. The number of benzene rings is 2. The van der Waals surface area contributed by atoms with Gasteiger partial charge in [0.2, 0.25) is 5.91 Å². The fourth-order valence-corrected chi connectivity index (χ4v) is 2.76. The maximum atomic E-state index is 12.1. The van der Waals surface area contributed by atoms with Crippen molar-refractivity contribution in [2.24, 2.45) is 0 Å². The second kappa shape index (κ2) is 7.21. The third-order valence-corrected chi connectivity index (χ3v) is 4.20. The molecule has 24 heavy (non-hydrogen) atoms. The summed E-state index contributed by atoms with van der Waals surface area (Å²) in [7, 11) is 4.03. The maximum absolute atomic E-state index is 12.1. The van der Waals surface area contributed by atoms with Crippen molar-refractivity contribution in [1.82, 2.24) is 9.88 Å². The highest BCUT2D eigenvalue weighted by Crippen LogP contribution is 2.15. The molecule has 0 aliphatic carbocycles. The zero-order valence-electron chi connectivity index (χ0n) is 14.2. The largest absolute Gasteiger partial charge is 0.378 e. The summed E-state index contributed by atoms with van der Waals surface area (Å²) in [5.74, 6) is 0.0736. The SMILES string of the molecule is CN(C)c1ccc(CNC(=O)CCn2ccc3ccccc32)cc1. The van der Waals surface area contributed by atoms with E-state index >= 15 is 0 Å².